The Labute approximate surface area is 145 Å². The van der Waals surface area contributed by atoms with Gasteiger partial charge in [0.1, 0.15) is 0 Å². The summed E-state index contributed by atoms with van der Waals surface area (Å²) in [5.41, 5.74) is 5.38. The van der Waals surface area contributed by atoms with Crippen LogP contribution in [0.4, 0.5) is 0 Å². The van der Waals surface area contributed by atoms with Crippen LogP contribution in [0.5, 0.6) is 0 Å². The van der Waals surface area contributed by atoms with E-state index < -0.39 is 0 Å². The zero-order valence-electron chi connectivity index (χ0n) is 15.3. The van der Waals surface area contributed by atoms with Crippen LogP contribution in [0.15, 0.2) is 54.7 Å². The van der Waals surface area contributed by atoms with Crippen LogP contribution in [-0.4, -0.2) is 4.98 Å². The molecule has 0 radical (unpaired) electrons. The highest BCUT2D eigenvalue weighted by molar-refractivity contribution is 5.85. The van der Waals surface area contributed by atoms with Gasteiger partial charge in [-0.05, 0) is 59.4 Å². The van der Waals surface area contributed by atoms with Gasteiger partial charge in [-0.2, -0.15) is 0 Å². The second-order valence-corrected chi connectivity index (χ2v) is 6.96. The third-order valence-corrected chi connectivity index (χ3v) is 5.59. The van der Waals surface area contributed by atoms with E-state index in [0.29, 0.717) is 0 Å². The predicted octanol–water partition coefficient (Wildman–Crippen LogP) is 6.54. The molecule has 1 heteroatoms. The molecule has 1 nitrogen and oxygen atoms in total. The molecule has 0 fully saturated rings. The first kappa shape index (κ1) is 16.7. The maximum Gasteiger partial charge on any atom is 0.0708 e. The van der Waals surface area contributed by atoms with Gasteiger partial charge in [0.2, 0.25) is 0 Å². The van der Waals surface area contributed by atoms with Gasteiger partial charge in [0.05, 0.1) is 5.69 Å². The standard InChI is InChI=1S/C23H27N/c1-5-17-12-20(14-21(13-17)23(4,6-2)7-3)22-15-18-10-8-9-11-19(18)16-24-22/h8-16H,5-7H2,1-4H3. The van der Waals surface area contributed by atoms with Gasteiger partial charge >= 0.3 is 0 Å². The smallest absolute Gasteiger partial charge is 0.0708 e. The molecular weight excluding hydrogens is 290 g/mol. The number of nitrogens with zero attached hydrogens (tertiary/aromatic N) is 1. The molecule has 0 unspecified atom stereocenters. The largest absolute Gasteiger partial charge is 0.256 e. The van der Waals surface area contributed by atoms with Crippen LogP contribution in [0.1, 0.15) is 51.7 Å². The highest BCUT2D eigenvalue weighted by atomic mass is 14.7. The molecule has 0 bridgehead atoms. The van der Waals surface area contributed by atoms with Crippen molar-refractivity contribution >= 4 is 10.8 Å². The fourth-order valence-corrected chi connectivity index (χ4v) is 3.29. The number of aryl methyl sites for hydroxylation is 1. The van der Waals surface area contributed by atoms with Crippen molar-refractivity contribution in [2.75, 3.05) is 0 Å². The molecule has 3 rings (SSSR count). The molecule has 1 aromatic heterocycles. The summed E-state index contributed by atoms with van der Waals surface area (Å²) in [5.74, 6) is 0. The molecule has 1 heterocycles. The lowest BCUT2D eigenvalue weighted by atomic mass is 9.76. The van der Waals surface area contributed by atoms with E-state index in [-0.39, 0.29) is 5.41 Å². The summed E-state index contributed by atoms with van der Waals surface area (Å²) in [6, 6.07) is 17.7. The zero-order valence-corrected chi connectivity index (χ0v) is 15.3. The molecule has 3 aromatic rings. The number of hydrogen-bond donors (Lipinski definition) is 0. The summed E-state index contributed by atoms with van der Waals surface area (Å²) in [7, 11) is 0. The Morgan fingerprint density at radius 3 is 2.25 bits per heavy atom. The minimum Gasteiger partial charge on any atom is -0.256 e. The first-order chi connectivity index (χ1) is 11.6. The monoisotopic (exact) mass is 317 g/mol. The maximum atomic E-state index is 4.73. The number of hydrogen-bond acceptors (Lipinski definition) is 1. The Morgan fingerprint density at radius 2 is 1.58 bits per heavy atom. The van der Waals surface area contributed by atoms with Crippen LogP contribution in [0.2, 0.25) is 0 Å². The van der Waals surface area contributed by atoms with E-state index in [2.05, 4.69) is 76.2 Å². The summed E-state index contributed by atoms with van der Waals surface area (Å²) in [4.78, 5) is 4.73. The van der Waals surface area contributed by atoms with Crippen LogP contribution in [0, 0.1) is 0 Å². The lowest BCUT2D eigenvalue weighted by molar-refractivity contribution is 0.438. The fourth-order valence-electron chi connectivity index (χ4n) is 3.29. The number of pyridine rings is 1. The van der Waals surface area contributed by atoms with Crippen molar-refractivity contribution < 1.29 is 0 Å². The van der Waals surface area contributed by atoms with E-state index in [9.17, 15) is 0 Å². The maximum absolute atomic E-state index is 4.73. The fraction of sp³-hybridized carbons (Fsp3) is 0.348. The number of aromatic nitrogens is 1. The molecule has 24 heavy (non-hydrogen) atoms. The second-order valence-electron chi connectivity index (χ2n) is 6.96. The number of benzene rings is 2. The van der Waals surface area contributed by atoms with Gasteiger partial charge in [-0.1, -0.05) is 58.0 Å². The Morgan fingerprint density at radius 1 is 0.875 bits per heavy atom. The van der Waals surface area contributed by atoms with Crippen LogP contribution in [0.25, 0.3) is 22.0 Å². The summed E-state index contributed by atoms with van der Waals surface area (Å²) < 4.78 is 0. The van der Waals surface area contributed by atoms with Gasteiger partial charge in [-0.15, -0.1) is 0 Å². The van der Waals surface area contributed by atoms with Gasteiger partial charge in [0, 0.05) is 17.1 Å². The number of rotatable bonds is 5. The van der Waals surface area contributed by atoms with Gasteiger partial charge in [-0.3, -0.25) is 4.98 Å². The molecule has 0 aliphatic carbocycles. The third kappa shape index (κ3) is 3.08. The molecule has 124 valence electrons. The van der Waals surface area contributed by atoms with Crippen molar-refractivity contribution in [2.45, 2.75) is 52.4 Å². The SMILES string of the molecule is CCc1cc(-c2cc3ccccc3cn2)cc(C(C)(CC)CC)c1. The van der Waals surface area contributed by atoms with Crippen molar-refractivity contribution in [1.29, 1.82) is 0 Å². The van der Waals surface area contributed by atoms with Gasteiger partial charge in [0.25, 0.3) is 0 Å². The molecule has 0 saturated carbocycles. The lowest BCUT2D eigenvalue weighted by Gasteiger charge is -2.28. The van der Waals surface area contributed by atoms with E-state index in [1.807, 2.05) is 6.20 Å². The first-order valence-electron chi connectivity index (χ1n) is 9.09. The Bertz CT molecular complexity index is 844. The van der Waals surface area contributed by atoms with Gasteiger partial charge < -0.3 is 0 Å². The van der Waals surface area contributed by atoms with Gasteiger partial charge in [0.15, 0.2) is 0 Å². The summed E-state index contributed by atoms with van der Waals surface area (Å²) >= 11 is 0. The molecule has 2 aromatic carbocycles. The highest BCUT2D eigenvalue weighted by Gasteiger charge is 2.23. The molecular formula is C23H27N. The van der Waals surface area contributed by atoms with E-state index in [1.54, 1.807) is 0 Å². The van der Waals surface area contributed by atoms with Crippen molar-refractivity contribution in [3.05, 3.63) is 65.9 Å². The quantitative estimate of drug-likeness (QED) is 0.520. The van der Waals surface area contributed by atoms with Crippen molar-refractivity contribution in [3.8, 4) is 11.3 Å². The Balaban J connectivity index is 2.15. The highest BCUT2D eigenvalue weighted by Crippen LogP contribution is 2.34. The van der Waals surface area contributed by atoms with Crippen LogP contribution < -0.4 is 0 Å². The van der Waals surface area contributed by atoms with Crippen LogP contribution in [0.3, 0.4) is 0 Å². The summed E-state index contributed by atoms with van der Waals surface area (Å²) in [5, 5.41) is 2.44. The molecule has 0 N–H and O–H groups in total. The molecule has 0 atom stereocenters. The third-order valence-electron chi connectivity index (χ3n) is 5.59. The molecule has 0 saturated heterocycles. The molecule has 0 aliphatic rings. The number of fused-ring (bicyclic) bond motifs is 1. The van der Waals surface area contributed by atoms with Gasteiger partial charge in [-0.25, -0.2) is 0 Å². The minimum absolute atomic E-state index is 0.233. The zero-order chi connectivity index (χ0) is 17.2. The van der Waals surface area contributed by atoms with E-state index in [0.717, 1.165) is 25.0 Å². The topological polar surface area (TPSA) is 12.9 Å². The minimum atomic E-state index is 0.233. The van der Waals surface area contributed by atoms with Crippen molar-refractivity contribution in [2.24, 2.45) is 0 Å². The molecule has 0 aliphatic heterocycles. The average molecular weight is 317 g/mol. The van der Waals surface area contributed by atoms with E-state index >= 15 is 0 Å². The van der Waals surface area contributed by atoms with Crippen molar-refractivity contribution in [1.82, 2.24) is 4.98 Å². The summed E-state index contributed by atoms with van der Waals surface area (Å²) in [6.45, 7) is 9.18. The second kappa shape index (κ2) is 6.76. The lowest BCUT2D eigenvalue weighted by Crippen LogP contribution is -2.19. The van der Waals surface area contributed by atoms with Crippen LogP contribution >= 0.6 is 0 Å². The van der Waals surface area contributed by atoms with E-state index in [4.69, 9.17) is 4.98 Å². The Hall–Kier alpha value is -2.15. The summed E-state index contributed by atoms with van der Waals surface area (Å²) in [6.07, 6.45) is 5.35. The normalized spacial score (nSPS) is 11.8. The molecule has 0 spiro atoms. The van der Waals surface area contributed by atoms with Crippen LogP contribution in [-0.2, 0) is 11.8 Å². The van der Waals surface area contributed by atoms with E-state index in [1.165, 1.54) is 27.5 Å². The molecule has 0 amide bonds. The van der Waals surface area contributed by atoms with Crippen molar-refractivity contribution in [3.63, 3.8) is 0 Å². The Kier molecular flexibility index (Phi) is 4.71. The first-order valence-corrected chi connectivity index (χ1v) is 9.09. The average Bonchev–Trinajstić information content (AvgIpc) is 2.66. The predicted molar refractivity (Wildman–Crippen MR) is 104 cm³/mol.